The summed E-state index contributed by atoms with van der Waals surface area (Å²) in [6, 6.07) is 18.6. The van der Waals surface area contributed by atoms with E-state index in [0.717, 1.165) is 41.2 Å². The molecular formula is C36H41N5O4. The first-order chi connectivity index (χ1) is 21.6. The minimum Gasteiger partial charge on any atom is -0.478 e. The van der Waals surface area contributed by atoms with Crippen LogP contribution in [0, 0.1) is 0 Å². The van der Waals surface area contributed by atoms with Crippen molar-refractivity contribution < 1.29 is 19.5 Å². The minimum absolute atomic E-state index is 0.328. The van der Waals surface area contributed by atoms with Crippen LogP contribution in [-0.2, 0) is 16.6 Å². The van der Waals surface area contributed by atoms with E-state index >= 15 is 0 Å². The molecular weight excluding hydrogens is 566 g/mol. The van der Waals surface area contributed by atoms with Crippen molar-refractivity contribution in [2.24, 2.45) is 7.05 Å². The number of benzene rings is 2. The van der Waals surface area contributed by atoms with Crippen LogP contribution in [0.5, 0.6) is 0 Å². The first-order valence-electron chi connectivity index (χ1n) is 15.4. The first-order valence-corrected chi connectivity index (χ1v) is 15.4. The van der Waals surface area contributed by atoms with E-state index in [4.69, 9.17) is 5.11 Å². The Bertz CT molecular complexity index is 1720. The van der Waals surface area contributed by atoms with Gasteiger partial charge in [0.1, 0.15) is 5.54 Å². The number of pyridine rings is 1. The van der Waals surface area contributed by atoms with Crippen molar-refractivity contribution in [1.29, 1.82) is 0 Å². The van der Waals surface area contributed by atoms with Crippen LogP contribution in [0.4, 0.5) is 5.69 Å². The SMILES string of the molecule is CN(C)CCC(C)(NC(=O)c1ccc2c(C3CCCC3)c(-c3ccccn3)n(C)c2c1)C(=O)Nc1ccc(/C=C/C(=O)O)cc1. The third kappa shape index (κ3) is 7.15. The molecule has 2 aromatic heterocycles. The van der Waals surface area contributed by atoms with Crippen LogP contribution in [0.1, 0.15) is 66.4 Å². The van der Waals surface area contributed by atoms with E-state index in [2.05, 4.69) is 20.2 Å². The summed E-state index contributed by atoms with van der Waals surface area (Å²) < 4.78 is 2.15. The van der Waals surface area contributed by atoms with Crippen molar-refractivity contribution in [2.45, 2.75) is 50.5 Å². The Kier molecular flexibility index (Phi) is 9.48. The van der Waals surface area contributed by atoms with Crippen molar-refractivity contribution >= 4 is 40.4 Å². The summed E-state index contributed by atoms with van der Waals surface area (Å²) in [7, 11) is 5.88. The highest BCUT2D eigenvalue weighted by Gasteiger charge is 2.35. The maximum Gasteiger partial charge on any atom is 0.328 e. The lowest BCUT2D eigenvalue weighted by molar-refractivity contribution is -0.131. The Morgan fingerprint density at radius 1 is 1.07 bits per heavy atom. The molecule has 45 heavy (non-hydrogen) atoms. The molecule has 5 rings (SSSR count). The number of carboxylic acids is 1. The van der Waals surface area contributed by atoms with Crippen LogP contribution in [-0.4, -0.2) is 63.5 Å². The average Bonchev–Trinajstić information content (AvgIpc) is 3.66. The zero-order valence-electron chi connectivity index (χ0n) is 26.3. The number of rotatable bonds is 11. The molecule has 3 N–H and O–H groups in total. The third-order valence-corrected chi connectivity index (χ3v) is 8.71. The maximum atomic E-state index is 13.8. The third-order valence-electron chi connectivity index (χ3n) is 8.71. The van der Waals surface area contributed by atoms with Gasteiger partial charge < -0.3 is 25.2 Å². The molecule has 1 fully saturated rings. The van der Waals surface area contributed by atoms with Crippen LogP contribution in [0.2, 0.25) is 0 Å². The largest absolute Gasteiger partial charge is 0.478 e. The number of nitrogens with one attached hydrogen (secondary N) is 2. The van der Waals surface area contributed by atoms with Gasteiger partial charge in [0.2, 0.25) is 5.91 Å². The van der Waals surface area contributed by atoms with E-state index in [0.29, 0.717) is 35.7 Å². The number of carbonyl (C=O) groups excluding carboxylic acids is 2. The number of aromatic nitrogens is 2. The lowest BCUT2D eigenvalue weighted by Crippen LogP contribution is -2.55. The number of hydrogen-bond donors (Lipinski definition) is 3. The van der Waals surface area contributed by atoms with Gasteiger partial charge in [-0.25, -0.2) is 4.79 Å². The highest BCUT2D eigenvalue weighted by Crippen LogP contribution is 2.44. The van der Waals surface area contributed by atoms with Crippen molar-refractivity contribution in [1.82, 2.24) is 19.8 Å². The maximum absolute atomic E-state index is 13.8. The number of amides is 2. The van der Waals surface area contributed by atoms with Crippen LogP contribution in [0.3, 0.4) is 0 Å². The predicted octanol–water partition coefficient (Wildman–Crippen LogP) is 6.07. The Balaban J connectivity index is 1.43. The highest BCUT2D eigenvalue weighted by molar-refractivity contribution is 6.05. The van der Waals surface area contributed by atoms with E-state index in [1.807, 2.05) is 68.6 Å². The van der Waals surface area contributed by atoms with Gasteiger partial charge in [-0.2, -0.15) is 0 Å². The van der Waals surface area contributed by atoms with E-state index in [1.54, 1.807) is 31.2 Å². The van der Waals surface area contributed by atoms with E-state index in [1.165, 1.54) is 24.5 Å². The Morgan fingerprint density at radius 2 is 1.80 bits per heavy atom. The summed E-state index contributed by atoms with van der Waals surface area (Å²) in [5, 5.41) is 16.0. The zero-order valence-corrected chi connectivity index (χ0v) is 26.3. The van der Waals surface area contributed by atoms with Crippen LogP contribution < -0.4 is 10.6 Å². The molecule has 2 heterocycles. The Hall–Kier alpha value is -4.76. The highest BCUT2D eigenvalue weighted by atomic mass is 16.4. The molecule has 0 spiro atoms. The molecule has 0 aliphatic heterocycles. The quantitative estimate of drug-likeness (QED) is 0.178. The normalized spacial score (nSPS) is 15.0. The average molecular weight is 608 g/mol. The summed E-state index contributed by atoms with van der Waals surface area (Å²) in [6.45, 7) is 2.32. The van der Waals surface area contributed by atoms with Gasteiger partial charge in [-0.3, -0.25) is 14.6 Å². The molecule has 0 bridgehead atoms. The first kappa shape index (κ1) is 31.7. The molecule has 1 saturated carbocycles. The number of hydrogen-bond acceptors (Lipinski definition) is 5. The summed E-state index contributed by atoms with van der Waals surface area (Å²) >= 11 is 0. The van der Waals surface area contributed by atoms with Gasteiger partial charge in [0.25, 0.3) is 5.91 Å². The minimum atomic E-state index is -1.21. The second kappa shape index (κ2) is 13.5. The van der Waals surface area contributed by atoms with Crippen molar-refractivity contribution in [3.8, 4) is 11.4 Å². The number of nitrogens with zero attached hydrogens (tertiary/aromatic N) is 3. The van der Waals surface area contributed by atoms with Gasteiger partial charge in [-0.05, 0) is 99.8 Å². The van der Waals surface area contributed by atoms with Crippen LogP contribution >= 0.6 is 0 Å². The molecule has 1 unspecified atom stereocenters. The lowest BCUT2D eigenvalue weighted by atomic mass is 9.92. The number of fused-ring (bicyclic) bond motifs is 1. The topological polar surface area (TPSA) is 117 Å². The standard InChI is InChI=1S/C36H41N5O4/c1-36(20-22-40(2)3,35(45)38-27-16-12-24(13-17-27)14-19-31(42)43)39-34(44)26-15-18-28-30(23-26)41(4)33(29-11-7-8-21-37-29)32(28)25-9-5-6-10-25/h7-8,11-19,21,23,25H,5-6,9-10,20,22H2,1-4H3,(H,38,45)(H,39,44)(H,42,43)/b19-14+. The molecule has 2 amide bonds. The molecule has 9 nitrogen and oxygen atoms in total. The van der Waals surface area contributed by atoms with Crippen molar-refractivity contribution in [3.63, 3.8) is 0 Å². The van der Waals surface area contributed by atoms with Gasteiger partial charge in [0.15, 0.2) is 0 Å². The summed E-state index contributed by atoms with van der Waals surface area (Å²) in [5.41, 5.74) is 4.78. The van der Waals surface area contributed by atoms with Gasteiger partial charge in [0, 0.05) is 48.0 Å². The van der Waals surface area contributed by atoms with Gasteiger partial charge in [-0.1, -0.05) is 37.1 Å². The van der Waals surface area contributed by atoms with Crippen LogP contribution in [0.15, 0.2) is 72.9 Å². The van der Waals surface area contributed by atoms with E-state index < -0.39 is 11.5 Å². The molecule has 2 aromatic carbocycles. The van der Waals surface area contributed by atoms with Gasteiger partial charge >= 0.3 is 5.97 Å². The smallest absolute Gasteiger partial charge is 0.328 e. The number of aliphatic carboxylic acids is 1. The molecule has 1 aliphatic carbocycles. The van der Waals surface area contributed by atoms with Gasteiger partial charge in [0.05, 0.1) is 11.4 Å². The Morgan fingerprint density at radius 3 is 2.44 bits per heavy atom. The predicted molar refractivity (Wildman–Crippen MR) is 178 cm³/mol. The molecule has 1 atom stereocenters. The molecule has 9 heteroatoms. The second-order valence-electron chi connectivity index (χ2n) is 12.3. The number of carboxylic acid groups (broad SMARTS) is 1. The number of aryl methyl sites for hydroxylation is 1. The fourth-order valence-electron chi connectivity index (χ4n) is 6.16. The number of anilines is 1. The monoisotopic (exact) mass is 607 g/mol. The fourth-order valence-corrected chi connectivity index (χ4v) is 6.16. The fraction of sp³-hybridized carbons (Fsp3) is 0.333. The lowest BCUT2D eigenvalue weighted by Gasteiger charge is -2.31. The van der Waals surface area contributed by atoms with Crippen molar-refractivity contribution in [2.75, 3.05) is 26.0 Å². The van der Waals surface area contributed by atoms with Gasteiger partial charge in [-0.15, -0.1) is 0 Å². The molecule has 0 saturated heterocycles. The molecule has 234 valence electrons. The summed E-state index contributed by atoms with van der Waals surface area (Å²) in [5.74, 6) is -1.25. The number of carbonyl (C=O) groups is 3. The molecule has 0 radical (unpaired) electrons. The summed E-state index contributed by atoms with van der Waals surface area (Å²) in [6.07, 6.45) is 9.45. The second-order valence-corrected chi connectivity index (χ2v) is 12.3. The Labute approximate surface area is 264 Å². The van der Waals surface area contributed by atoms with Crippen molar-refractivity contribution in [3.05, 3.63) is 89.6 Å². The zero-order chi connectivity index (χ0) is 32.1. The van der Waals surface area contributed by atoms with E-state index in [-0.39, 0.29) is 11.8 Å². The molecule has 4 aromatic rings. The van der Waals surface area contributed by atoms with Crippen LogP contribution in [0.25, 0.3) is 28.4 Å². The van der Waals surface area contributed by atoms with E-state index in [9.17, 15) is 14.4 Å². The molecule has 1 aliphatic rings. The summed E-state index contributed by atoms with van der Waals surface area (Å²) in [4.78, 5) is 45.0.